The van der Waals surface area contributed by atoms with Gasteiger partial charge in [0.15, 0.2) is 0 Å². The standard InChI is InChI=1S/C17H23F3N2O2/c1-16(2,3)24-15(23)22-8-7-13(14(21)10-22)11-5-4-6-12(9-11)17(18,19)20/h4-6,9,13-14H,7-8,10,21H2,1-3H3/t13-,14-/m0/s1. The first-order valence-electron chi connectivity index (χ1n) is 7.88. The lowest BCUT2D eigenvalue weighted by Gasteiger charge is -2.37. The summed E-state index contributed by atoms with van der Waals surface area (Å²) in [6, 6.07) is 4.81. The molecule has 4 nitrogen and oxygen atoms in total. The lowest BCUT2D eigenvalue weighted by Crippen LogP contribution is -2.50. The molecule has 1 aliphatic heterocycles. The van der Waals surface area contributed by atoms with Crippen LogP contribution in [-0.4, -0.2) is 35.7 Å². The third-order valence-corrected chi connectivity index (χ3v) is 3.95. The minimum atomic E-state index is -4.38. The number of nitrogens with two attached hydrogens (primary N) is 1. The molecular weight excluding hydrogens is 321 g/mol. The Balaban J connectivity index is 2.08. The van der Waals surface area contributed by atoms with E-state index in [-0.39, 0.29) is 12.5 Å². The van der Waals surface area contributed by atoms with Crippen LogP contribution < -0.4 is 5.73 Å². The minimum Gasteiger partial charge on any atom is -0.444 e. The second kappa shape index (κ2) is 6.63. The molecule has 1 heterocycles. The first kappa shape index (κ1) is 18.6. The van der Waals surface area contributed by atoms with Crippen LogP contribution in [0.25, 0.3) is 0 Å². The van der Waals surface area contributed by atoms with Gasteiger partial charge >= 0.3 is 12.3 Å². The number of likely N-dealkylation sites (tertiary alicyclic amines) is 1. The monoisotopic (exact) mass is 344 g/mol. The highest BCUT2D eigenvalue weighted by Crippen LogP contribution is 2.34. The fraction of sp³-hybridized carbons (Fsp3) is 0.588. The van der Waals surface area contributed by atoms with Gasteiger partial charge in [-0.2, -0.15) is 13.2 Å². The maximum atomic E-state index is 12.9. The third kappa shape index (κ3) is 4.63. The van der Waals surface area contributed by atoms with Gasteiger partial charge < -0.3 is 15.4 Å². The molecule has 0 saturated carbocycles. The van der Waals surface area contributed by atoms with Gasteiger partial charge in [-0.1, -0.05) is 18.2 Å². The number of rotatable bonds is 1. The molecule has 134 valence electrons. The summed E-state index contributed by atoms with van der Waals surface area (Å²) < 4.78 is 43.9. The van der Waals surface area contributed by atoms with Crippen molar-refractivity contribution in [1.82, 2.24) is 4.90 Å². The van der Waals surface area contributed by atoms with Crippen molar-refractivity contribution in [2.24, 2.45) is 5.73 Å². The van der Waals surface area contributed by atoms with Gasteiger partial charge in [-0.15, -0.1) is 0 Å². The fourth-order valence-electron chi connectivity index (χ4n) is 2.83. The van der Waals surface area contributed by atoms with E-state index in [2.05, 4.69) is 0 Å². The largest absolute Gasteiger partial charge is 0.444 e. The number of alkyl halides is 3. The van der Waals surface area contributed by atoms with Crippen LogP contribution in [0, 0.1) is 0 Å². The summed E-state index contributed by atoms with van der Waals surface area (Å²) in [5.74, 6) is -0.217. The molecule has 0 radical (unpaired) electrons. The predicted molar refractivity (Wildman–Crippen MR) is 84.6 cm³/mol. The summed E-state index contributed by atoms with van der Waals surface area (Å²) in [4.78, 5) is 13.6. The topological polar surface area (TPSA) is 55.6 Å². The zero-order valence-electron chi connectivity index (χ0n) is 14.1. The Morgan fingerprint density at radius 1 is 1.29 bits per heavy atom. The van der Waals surface area contributed by atoms with E-state index >= 15 is 0 Å². The normalized spacial score (nSPS) is 22.4. The van der Waals surface area contributed by atoms with Gasteiger partial charge in [0, 0.05) is 25.0 Å². The molecule has 1 aliphatic rings. The summed E-state index contributed by atoms with van der Waals surface area (Å²) in [5, 5.41) is 0. The molecule has 0 unspecified atom stereocenters. The van der Waals surface area contributed by atoms with E-state index < -0.39 is 29.5 Å². The molecule has 2 N–H and O–H groups in total. The molecule has 0 spiro atoms. The first-order chi connectivity index (χ1) is 11.0. The fourth-order valence-corrected chi connectivity index (χ4v) is 2.83. The van der Waals surface area contributed by atoms with Crippen molar-refractivity contribution in [3.8, 4) is 0 Å². The summed E-state index contributed by atoms with van der Waals surface area (Å²) in [6.07, 6.45) is -4.32. The van der Waals surface area contributed by atoms with Crippen molar-refractivity contribution in [2.45, 2.75) is 50.9 Å². The van der Waals surface area contributed by atoms with Gasteiger partial charge in [0.25, 0.3) is 0 Å². The molecular formula is C17H23F3N2O2. The van der Waals surface area contributed by atoms with Crippen molar-refractivity contribution in [3.63, 3.8) is 0 Å². The number of carbonyl (C=O) groups excluding carboxylic acids is 1. The van der Waals surface area contributed by atoms with E-state index in [1.54, 1.807) is 26.8 Å². The highest BCUT2D eigenvalue weighted by Gasteiger charge is 2.35. The van der Waals surface area contributed by atoms with Gasteiger partial charge in [-0.3, -0.25) is 0 Å². The molecule has 1 fully saturated rings. The van der Waals surface area contributed by atoms with Gasteiger partial charge in [0.2, 0.25) is 0 Å². The molecule has 1 saturated heterocycles. The Labute approximate surface area is 139 Å². The lowest BCUT2D eigenvalue weighted by molar-refractivity contribution is -0.137. The van der Waals surface area contributed by atoms with Crippen LogP contribution in [0.4, 0.5) is 18.0 Å². The number of nitrogens with zero attached hydrogens (tertiary/aromatic N) is 1. The van der Waals surface area contributed by atoms with Gasteiger partial charge in [0.05, 0.1) is 5.56 Å². The van der Waals surface area contributed by atoms with Crippen LogP contribution in [0.3, 0.4) is 0 Å². The maximum absolute atomic E-state index is 12.9. The van der Waals surface area contributed by atoms with Crippen molar-refractivity contribution in [2.75, 3.05) is 13.1 Å². The minimum absolute atomic E-state index is 0.217. The summed E-state index contributed by atoms with van der Waals surface area (Å²) in [7, 11) is 0. The zero-order chi connectivity index (χ0) is 18.1. The number of hydrogen-bond donors (Lipinski definition) is 1. The molecule has 0 bridgehead atoms. The second-order valence-electron chi connectivity index (χ2n) is 7.11. The van der Waals surface area contributed by atoms with Crippen LogP contribution in [0.2, 0.25) is 0 Å². The lowest BCUT2D eigenvalue weighted by atomic mass is 9.85. The Bertz CT molecular complexity index is 596. The molecule has 1 amide bonds. The molecule has 7 heteroatoms. The highest BCUT2D eigenvalue weighted by atomic mass is 19.4. The number of halogens is 3. The average Bonchev–Trinajstić information content (AvgIpc) is 2.44. The molecule has 2 rings (SSSR count). The van der Waals surface area contributed by atoms with Gasteiger partial charge in [-0.25, -0.2) is 4.79 Å². The Hall–Kier alpha value is -1.76. The van der Waals surface area contributed by atoms with Crippen molar-refractivity contribution in [3.05, 3.63) is 35.4 Å². The Morgan fingerprint density at radius 3 is 2.50 bits per heavy atom. The molecule has 24 heavy (non-hydrogen) atoms. The van der Waals surface area contributed by atoms with Gasteiger partial charge in [0.1, 0.15) is 5.60 Å². The van der Waals surface area contributed by atoms with Gasteiger partial charge in [-0.05, 0) is 38.8 Å². The number of amides is 1. The van der Waals surface area contributed by atoms with Crippen molar-refractivity contribution in [1.29, 1.82) is 0 Å². The number of benzene rings is 1. The number of hydrogen-bond acceptors (Lipinski definition) is 3. The Kier molecular flexibility index (Phi) is 5.13. The quantitative estimate of drug-likeness (QED) is 0.844. The van der Waals surface area contributed by atoms with Crippen LogP contribution in [0.15, 0.2) is 24.3 Å². The van der Waals surface area contributed by atoms with Crippen LogP contribution >= 0.6 is 0 Å². The van der Waals surface area contributed by atoms with Crippen LogP contribution in [0.5, 0.6) is 0 Å². The van der Waals surface area contributed by atoms with E-state index in [1.807, 2.05) is 0 Å². The number of ether oxygens (including phenoxy) is 1. The van der Waals surface area contributed by atoms with Crippen LogP contribution in [0.1, 0.15) is 44.2 Å². The predicted octanol–water partition coefficient (Wildman–Crippen LogP) is 3.76. The molecule has 1 aromatic carbocycles. The molecule has 0 aliphatic carbocycles. The van der Waals surface area contributed by atoms with Crippen molar-refractivity contribution >= 4 is 6.09 Å². The smallest absolute Gasteiger partial charge is 0.416 e. The number of carbonyl (C=O) groups is 1. The number of piperidine rings is 1. The van der Waals surface area contributed by atoms with Crippen molar-refractivity contribution < 1.29 is 22.7 Å². The molecule has 1 aromatic rings. The van der Waals surface area contributed by atoms with Crippen LogP contribution in [-0.2, 0) is 10.9 Å². The van der Waals surface area contributed by atoms with E-state index in [4.69, 9.17) is 10.5 Å². The summed E-state index contributed by atoms with van der Waals surface area (Å²) in [6.45, 7) is 6.00. The SMILES string of the molecule is CC(C)(C)OC(=O)N1CC[C@@H](c2cccc(C(F)(F)F)c2)[C@@H](N)C1. The molecule has 0 aromatic heterocycles. The Morgan fingerprint density at radius 2 is 1.96 bits per heavy atom. The second-order valence-corrected chi connectivity index (χ2v) is 7.11. The highest BCUT2D eigenvalue weighted by molar-refractivity contribution is 5.68. The third-order valence-electron chi connectivity index (χ3n) is 3.95. The first-order valence-corrected chi connectivity index (χ1v) is 7.88. The zero-order valence-corrected chi connectivity index (χ0v) is 14.1. The average molecular weight is 344 g/mol. The van der Waals surface area contributed by atoms with E-state index in [0.717, 1.165) is 12.1 Å². The maximum Gasteiger partial charge on any atom is 0.416 e. The van der Waals surface area contributed by atoms with E-state index in [1.165, 1.54) is 11.0 Å². The summed E-state index contributed by atoms with van der Waals surface area (Å²) in [5.41, 5.74) is 5.41. The van der Waals surface area contributed by atoms with E-state index in [0.29, 0.717) is 18.5 Å². The van der Waals surface area contributed by atoms with E-state index in [9.17, 15) is 18.0 Å². The summed E-state index contributed by atoms with van der Waals surface area (Å²) >= 11 is 0. The molecule has 2 atom stereocenters.